The Kier molecular flexibility index (Phi) is 6.09. The summed E-state index contributed by atoms with van der Waals surface area (Å²) < 4.78 is 75.5. The summed E-state index contributed by atoms with van der Waals surface area (Å²) in [4.78, 5) is 9.03. The maximum Gasteiger partial charge on any atom is 0.433 e. The van der Waals surface area contributed by atoms with E-state index in [1.54, 1.807) is 12.4 Å². The van der Waals surface area contributed by atoms with Crippen molar-refractivity contribution in [2.75, 3.05) is 12.4 Å². The Balaban J connectivity index is 0.000000369. The summed E-state index contributed by atoms with van der Waals surface area (Å²) in [5.41, 5.74) is -2.06. The lowest BCUT2D eigenvalue weighted by atomic mass is 10.1. The van der Waals surface area contributed by atoms with Crippen LogP contribution in [0.4, 0.5) is 32.0 Å². The van der Waals surface area contributed by atoms with E-state index in [1.165, 1.54) is 7.05 Å². The normalized spacial score (nSPS) is 11.5. The van der Waals surface area contributed by atoms with Crippen molar-refractivity contribution >= 4 is 5.69 Å². The van der Waals surface area contributed by atoms with Crippen LogP contribution in [0.2, 0.25) is 0 Å². The molecule has 0 aromatic carbocycles. The van der Waals surface area contributed by atoms with Crippen molar-refractivity contribution in [2.45, 2.75) is 12.4 Å². The quantitative estimate of drug-likeness (QED) is 0.591. The molecule has 3 aromatic rings. The number of aromatic amines is 1. The SMILES string of the molecule is CNc1cnc(C(F)(F)F)cc1-c1c[nH]c(C(F)(F)F)c1.c1ccncc1. The van der Waals surface area contributed by atoms with Gasteiger partial charge in [-0.15, -0.1) is 0 Å². The van der Waals surface area contributed by atoms with E-state index < -0.39 is 23.7 Å². The molecule has 0 aliphatic carbocycles. The highest BCUT2D eigenvalue weighted by molar-refractivity contribution is 5.77. The lowest BCUT2D eigenvalue weighted by Crippen LogP contribution is -2.08. The molecular formula is C17H14F6N4. The molecule has 0 radical (unpaired) electrons. The van der Waals surface area contributed by atoms with E-state index in [0.29, 0.717) is 6.07 Å². The Bertz CT molecular complexity index is 829. The molecule has 0 atom stereocenters. The van der Waals surface area contributed by atoms with Crippen LogP contribution in [0.5, 0.6) is 0 Å². The topological polar surface area (TPSA) is 53.6 Å². The second-order valence-electron chi connectivity index (χ2n) is 5.19. The molecule has 144 valence electrons. The van der Waals surface area contributed by atoms with Crippen LogP contribution in [0.15, 0.2) is 55.1 Å². The number of alkyl halides is 6. The van der Waals surface area contributed by atoms with Gasteiger partial charge in [-0.3, -0.25) is 4.98 Å². The van der Waals surface area contributed by atoms with Gasteiger partial charge in [0.05, 0.1) is 11.9 Å². The number of nitrogens with one attached hydrogen (secondary N) is 2. The highest BCUT2D eigenvalue weighted by atomic mass is 19.4. The van der Waals surface area contributed by atoms with Crippen molar-refractivity contribution in [1.29, 1.82) is 0 Å². The molecule has 0 spiro atoms. The van der Waals surface area contributed by atoms with Gasteiger partial charge in [0.2, 0.25) is 0 Å². The summed E-state index contributed by atoms with van der Waals surface area (Å²) in [6.07, 6.45) is -3.85. The molecule has 3 rings (SSSR count). The summed E-state index contributed by atoms with van der Waals surface area (Å²) in [6.45, 7) is 0. The number of anilines is 1. The van der Waals surface area contributed by atoms with Crippen molar-refractivity contribution < 1.29 is 26.3 Å². The van der Waals surface area contributed by atoms with Crippen LogP contribution in [0.25, 0.3) is 11.1 Å². The standard InChI is InChI=1S/C12H9F6N3.C5H5N/c1-19-8-5-21-10(12(16,17)18)3-7(8)6-2-9(20-4-6)11(13,14)15;1-2-4-6-5-3-1/h2-5,19-20H,1H3;1-5H. The fourth-order valence-electron chi connectivity index (χ4n) is 2.07. The molecule has 27 heavy (non-hydrogen) atoms. The molecule has 0 saturated carbocycles. The molecule has 4 nitrogen and oxygen atoms in total. The third kappa shape index (κ3) is 5.47. The van der Waals surface area contributed by atoms with E-state index in [1.807, 2.05) is 23.2 Å². The third-order valence-corrected chi connectivity index (χ3v) is 3.33. The van der Waals surface area contributed by atoms with Crippen molar-refractivity contribution in [3.63, 3.8) is 0 Å². The molecule has 3 aromatic heterocycles. The first-order valence-corrected chi connectivity index (χ1v) is 7.49. The van der Waals surface area contributed by atoms with Crippen LogP contribution < -0.4 is 5.32 Å². The predicted octanol–water partition coefficient (Wildman–Crippen LogP) is 5.24. The van der Waals surface area contributed by atoms with Gasteiger partial charge in [-0.05, 0) is 24.3 Å². The first-order chi connectivity index (χ1) is 12.6. The van der Waals surface area contributed by atoms with Gasteiger partial charge in [0.15, 0.2) is 0 Å². The van der Waals surface area contributed by atoms with E-state index in [-0.39, 0.29) is 16.8 Å². The molecule has 0 aliphatic heterocycles. The van der Waals surface area contributed by atoms with Gasteiger partial charge in [0.25, 0.3) is 0 Å². The lowest BCUT2D eigenvalue weighted by molar-refractivity contribution is -0.141. The number of rotatable bonds is 2. The van der Waals surface area contributed by atoms with Gasteiger partial charge in [0.1, 0.15) is 11.4 Å². The van der Waals surface area contributed by atoms with Crippen molar-refractivity contribution in [1.82, 2.24) is 15.0 Å². The number of hydrogen-bond acceptors (Lipinski definition) is 3. The Morgan fingerprint density at radius 1 is 0.926 bits per heavy atom. The van der Waals surface area contributed by atoms with E-state index in [4.69, 9.17) is 0 Å². The summed E-state index contributed by atoms with van der Waals surface area (Å²) in [6, 6.07) is 7.17. The number of H-pyrrole nitrogens is 1. The molecule has 3 heterocycles. The molecule has 0 amide bonds. The molecule has 10 heteroatoms. The van der Waals surface area contributed by atoms with E-state index in [2.05, 4.69) is 15.3 Å². The average molecular weight is 388 g/mol. The molecule has 0 saturated heterocycles. The van der Waals surface area contributed by atoms with Crippen molar-refractivity contribution in [2.24, 2.45) is 0 Å². The molecular weight excluding hydrogens is 374 g/mol. The zero-order valence-electron chi connectivity index (χ0n) is 13.9. The highest BCUT2D eigenvalue weighted by Gasteiger charge is 2.34. The van der Waals surface area contributed by atoms with Crippen LogP contribution in [0.3, 0.4) is 0 Å². The van der Waals surface area contributed by atoms with Gasteiger partial charge in [-0.2, -0.15) is 26.3 Å². The van der Waals surface area contributed by atoms with Crippen LogP contribution in [0.1, 0.15) is 11.4 Å². The molecule has 2 N–H and O–H groups in total. The van der Waals surface area contributed by atoms with Crippen LogP contribution in [-0.4, -0.2) is 22.0 Å². The zero-order valence-corrected chi connectivity index (χ0v) is 13.9. The second-order valence-corrected chi connectivity index (χ2v) is 5.19. The minimum Gasteiger partial charge on any atom is -0.386 e. The predicted molar refractivity (Wildman–Crippen MR) is 87.8 cm³/mol. The second kappa shape index (κ2) is 8.11. The number of halogens is 6. The molecule has 0 unspecified atom stereocenters. The maximum absolute atomic E-state index is 12.6. The number of nitrogens with zero attached hydrogens (tertiary/aromatic N) is 2. The minimum absolute atomic E-state index is 0.0143. The molecule has 0 bridgehead atoms. The van der Waals surface area contributed by atoms with Gasteiger partial charge < -0.3 is 10.3 Å². The zero-order chi connectivity index (χ0) is 20.1. The smallest absolute Gasteiger partial charge is 0.386 e. The van der Waals surface area contributed by atoms with Gasteiger partial charge in [-0.25, -0.2) is 4.98 Å². The van der Waals surface area contributed by atoms with E-state index in [9.17, 15) is 26.3 Å². The lowest BCUT2D eigenvalue weighted by Gasteiger charge is -2.11. The summed E-state index contributed by atoms with van der Waals surface area (Å²) in [7, 11) is 1.44. The van der Waals surface area contributed by atoms with Crippen molar-refractivity contribution in [3.8, 4) is 11.1 Å². The number of hydrogen-bond donors (Lipinski definition) is 2. The summed E-state index contributed by atoms with van der Waals surface area (Å²) in [5, 5.41) is 2.60. The Morgan fingerprint density at radius 3 is 2.00 bits per heavy atom. The van der Waals surface area contributed by atoms with Crippen molar-refractivity contribution in [3.05, 3.63) is 66.5 Å². The van der Waals surface area contributed by atoms with Gasteiger partial charge >= 0.3 is 12.4 Å². The molecule has 0 fully saturated rings. The highest BCUT2D eigenvalue weighted by Crippen LogP contribution is 2.37. The monoisotopic (exact) mass is 388 g/mol. The summed E-state index contributed by atoms with van der Waals surface area (Å²) >= 11 is 0. The minimum atomic E-state index is -4.68. The third-order valence-electron chi connectivity index (χ3n) is 3.33. The molecule has 0 aliphatic rings. The maximum atomic E-state index is 12.6. The van der Waals surface area contributed by atoms with Gasteiger partial charge in [0, 0.05) is 36.8 Å². The van der Waals surface area contributed by atoms with Crippen LogP contribution in [-0.2, 0) is 12.4 Å². The Labute approximate surface area is 150 Å². The number of pyridine rings is 2. The first-order valence-electron chi connectivity index (χ1n) is 7.49. The van der Waals surface area contributed by atoms with Crippen LogP contribution in [0, 0.1) is 0 Å². The largest absolute Gasteiger partial charge is 0.433 e. The van der Waals surface area contributed by atoms with E-state index in [0.717, 1.165) is 18.5 Å². The fourth-order valence-corrected chi connectivity index (χ4v) is 2.07. The van der Waals surface area contributed by atoms with Crippen LogP contribution >= 0.6 is 0 Å². The summed E-state index contributed by atoms with van der Waals surface area (Å²) in [5.74, 6) is 0. The number of aromatic nitrogens is 3. The first kappa shape index (κ1) is 20.3. The average Bonchev–Trinajstić information content (AvgIpc) is 3.13. The Morgan fingerprint density at radius 2 is 1.59 bits per heavy atom. The Hall–Kier alpha value is -3.04. The fraction of sp³-hybridized carbons (Fsp3) is 0.176. The van der Waals surface area contributed by atoms with Gasteiger partial charge in [-0.1, -0.05) is 6.07 Å². The van der Waals surface area contributed by atoms with E-state index >= 15 is 0 Å².